The standard InChI is InChI=1S/C15H16N4O/c1-9-13(10(2)19(3)18-9)17-15(20)12-6-4-5-11-7-8-16-14(11)12/h4-8,16H,1-3H3,(H,17,20). The fourth-order valence-electron chi connectivity index (χ4n) is 2.41. The molecule has 0 spiro atoms. The Morgan fingerprint density at radius 1 is 1.30 bits per heavy atom. The number of rotatable bonds is 2. The predicted octanol–water partition coefficient (Wildman–Crippen LogP) is 2.77. The normalized spacial score (nSPS) is 10.9. The van der Waals surface area contributed by atoms with Gasteiger partial charge in [-0.15, -0.1) is 0 Å². The van der Waals surface area contributed by atoms with E-state index in [1.807, 2.05) is 51.4 Å². The molecule has 5 heteroatoms. The summed E-state index contributed by atoms with van der Waals surface area (Å²) in [5, 5.41) is 8.28. The van der Waals surface area contributed by atoms with Crippen LogP contribution in [0.25, 0.3) is 10.9 Å². The maximum absolute atomic E-state index is 12.5. The summed E-state index contributed by atoms with van der Waals surface area (Å²) < 4.78 is 1.76. The number of aromatic nitrogens is 3. The Morgan fingerprint density at radius 2 is 2.10 bits per heavy atom. The van der Waals surface area contributed by atoms with E-state index in [0.717, 1.165) is 28.0 Å². The monoisotopic (exact) mass is 268 g/mol. The highest BCUT2D eigenvalue weighted by Gasteiger charge is 2.15. The van der Waals surface area contributed by atoms with Gasteiger partial charge in [0.1, 0.15) is 0 Å². The number of hydrogen-bond acceptors (Lipinski definition) is 2. The van der Waals surface area contributed by atoms with Gasteiger partial charge in [-0.25, -0.2) is 0 Å². The Kier molecular flexibility index (Phi) is 2.82. The minimum Gasteiger partial charge on any atom is -0.361 e. The van der Waals surface area contributed by atoms with Crippen molar-refractivity contribution in [1.82, 2.24) is 14.8 Å². The highest BCUT2D eigenvalue weighted by atomic mass is 16.1. The van der Waals surface area contributed by atoms with Gasteiger partial charge in [-0.05, 0) is 26.0 Å². The molecular formula is C15H16N4O. The van der Waals surface area contributed by atoms with E-state index in [9.17, 15) is 4.79 Å². The minimum atomic E-state index is -0.128. The molecule has 0 saturated carbocycles. The van der Waals surface area contributed by atoms with Gasteiger partial charge >= 0.3 is 0 Å². The van der Waals surface area contributed by atoms with Crippen LogP contribution in [0.1, 0.15) is 21.7 Å². The van der Waals surface area contributed by atoms with Crippen molar-refractivity contribution < 1.29 is 4.79 Å². The van der Waals surface area contributed by atoms with Crippen LogP contribution in [0.5, 0.6) is 0 Å². The maximum atomic E-state index is 12.5. The summed E-state index contributed by atoms with van der Waals surface area (Å²) in [5.74, 6) is -0.128. The molecule has 3 rings (SSSR count). The predicted molar refractivity (Wildman–Crippen MR) is 78.9 cm³/mol. The molecule has 5 nitrogen and oxygen atoms in total. The van der Waals surface area contributed by atoms with Crippen molar-refractivity contribution in [2.45, 2.75) is 13.8 Å². The second kappa shape index (κ2) is 4.52. The number of anilines is 1. The van der Waals surface area contributed by atoms with Gasteiger partial charge in [0.15, 0.2) is 0 Å². The van der Waals surface area contributed by atoms with Gasteiger partial charge in [0, 0.05) is 18.6 Å². The van der Waals surface area contributed by atoms with Crippen LogP contribution in [0.3, 0.4) is 0 Å². The minimum absolute atomic E-state index is 0.128. The van der Waals surface area contributed by atoms with E-state index >= 15 is 0 Å². The zero-order chi connectivity index (χ0) is 14.3. The van der Waals surface area contributed by atoms with Gasteiger partial charge in [-0.1, -0.05) is 12.1 Å². The molecule has 3 aromatic rings. The number of amides is 1. The lowest BCUT2D eigenvalue weighted by atomic mass is 10.1. The third-order valence-corrected chi connectivity index (χ3v) is 3.58. The van der Waals surface area contributed by atoms with Crippen LogP contribution < -0.4 is 5.32 Å². The van der Waals surface area contributed by atoms with Crippen LogP contribution in [-0.2, 0) is 7.05 Å². The molecule has 0 fully saturated rings. The van der Waals surface area contributed by atoms with Crippen LogP contribution in [0.4, 0.5) is 5.69 Å². The first-order chi connectivity index (χ1) is 9.58. The van der Waals surface area contributed by atoms with E-state index < -0.39 is 0 Å². The fourth-order valence-corrected chi connectivity index (χ4v) is 2.41. The Bertz CT molecular complexity index is 797. The molecule has 102 valence electrons. The van der Waals surface area contributed by atoms with Crippen LogP contribution in [0.2, 0.25) is 0 Å². The van der Waals surface area contributed by atoms with Gasteiger partial charge in [-0.3, -0.25) is 9.48 Å². The number of carbonyl (C=O) groups excluding carboxylic acids is 1. The SMILES string of the molecule is Cc1nn(C)c(C)c1NC(=O)c1cccc2cc[nH]c12. The van der Waals surface area contributed by atoms with E-state index in [0.29, 0.717) is 5.56 Å². The number of aryl methyl sites for hydroxylation is 2. The highest BCUT2D eigenvalue weighted by molar-refractivity contribution is 6.12. The van der Waals surface area contributed by atoms with Crippen LogP contribution in [-0.4, -0.2) is 20.7 Å². The molecule has 2 N–H and O–H groups in total. The first-order valence-electron chi connectivity index (χ1n) is 6.45. The number of nitrogens with zero attached hydrogens (tertiary/aromatic N) is 2. The Hall–Kier alpha value is -2.56. The Labute approximate surface area is 116 Å². The van der Waals surface area contributed by atoms with Gasteiger partial charge in [0.25, 0.3) is 5.91 Å². The van der Waals surface area contributed by atoms with E-state index in [1.54, 1.807) is 4.68 Å². The van der Waals surface area contributed by atoms with Crippen molar-refractivity contribution in [3.05, 3.63) is 47.4 Å². The number of nitrogens with one attached hydrogen (secondary N) is 2. The number of aromatic amines is 1. The average molecular weight is 268 g/mol. The molecule has 0 aliphatic heterocycles. The molecule has 2 heterocycles. The lowest BCUT2D eigenvalue weighted by Gasteiger charge is -2.06. The lowest BCUT2D eigenvalue weighted by molar-refractivity contribution is 0.102. The number of para-hydroxylation sites is 1. The molecule has 2 aromatic heterocycles. The van der Waals surface area contributed by atoms with Gasteiger partial charge in [-0.2, -0.15) is 5.10 Å². The summed E-state index contributed by atoms with van der Waals surface area (Å²) in [6.45, 7) is 3.82. The summed E-state index contributed by atoms with van der Waals surface area (Å²) in [6, 6.07) is 7.62. The number of carbonyl (C=O) groups is 1. The Morgan fingerprint density at radius 3 is 2.80 bits per heavy atom. The zero-order valence-corrected chi connectivity index (χ0v) is 11.7. The van der Waals surface area contributed by atoms with E-state index in [4.69, 9.17) is 0 Å². The smallest absolute Gasteiger partial charge is 0.257 e. The van der Waals surface area contributed by atoms with Crippen molar-refractivity contribution >= 4 is 22.5 Å². The summed E-state index contributed by atoms with van der Waals surface area (Å²) in [7, 11) is 1.86. The van der Waals surface area contributed by atoms with E-state index in [2.05, 4.69) is 15.4 Å². The zero-order valence-electron chi connectivity index (χ0n) is 11.7. The number of hydrogen-bond donors (Lipinski definition) is 2. The number of H-pyrrole nitrogens is 1. The van der Waals surface area contributed by atoms with Gasteiger partial charge in [0.05, 0.1) is 28.2 Å². The van der Waals surface area contributed by atoms with Crippen molar-refractivity contribution in [2.24, 2.45) is 7.05 Å². The summed E-state index contributed by atoms with van der Waals surface area (Å²) >= 11 is 0. The number of benzene rings is 1. The third kappa shape index (κ3) is 1.87. The van der Waals surface area contributed by atoms with Crippen molar-refractivity contribution in [3.8, 4) is 0 Å². The maximum Gasteiger partial charge on any atom is 0.257 e. The van der Waals surface area contributed by atoms with Crippen LogP contribution >= 0.6 is 0 Å². The van der Waals surface area contributed by atoms with Crippen molar-refractivity contribution in [2.75, 3.05) is 5.32 Å². The molecule has 0 unspecified atom stereocenters. The lowest BCUT2D eigenvalue weighted by Crippen LogP contribution is -2.13. The first-order valence-corrected chi connectivity index (χ1v) is 6.45. The van der Waals surface area contributed by atoms with E-state index in [-0.39, 0.29) is 5.91 Å². The van der Waals surface area contributed by atoms with E-state index in [1.165, 1.54) is 0 Å². The summed E-state index contributed by atoms with van der Waals surface area (Å²) in [5.41, 5.74) is 4.02. The van der Waals surface area contributed by atoms with Crippen LogP contribution in [0, 0.1) is 13.8 Å². The largest absolute Gasteiger partial charge is 0.361 e. The molecule has 0 aliphatic carbocycles. The number of fused-ring (bicyclic) bond motifs is 1. The molecule has 1 amide bonds. The molecular weight excluding hydrogens is 252 g/mol. The molecule has 0 atom stereocenters. The Balaban J connectivity index is 1.99. The quantitative estimate of drug-likeness (QED) is 0.750. The van der Waals surface area contributed by atoms with Gasteiger partial charge < -0.3 is 10.3 Å². The fraction of sp³-hybridized carbons (Fsp3) is 0.200. The molecule has 0 aliphatic rings. The van der Waals surface area contributed by atoms with Crippen molar-refractivity contribution in [3.63, 3.8) is 0 Å². The molecule has 1 aromatic carbocycles. The summed E-state index contributed by atoms with van der Waals surface area (Å²) in [4.78, 5) is 15.6. The second-order valence-corrected chi connectivity index (χ2v) is 4.87. The topological polar surface area (TPSA) is 62.7 Å². The first kappa shape index (κ1) is 12.5. The second-order valence-electron chi connectivity index (χ2n) is 4.87. The highest BCUT2D eigenvalue weighted by Crippen LogP contribution is 2.22. The molecule has 20 heavy (non-hydrogen) atoms. The molecule has 0 saturated heterocycles. The molecule has 0 radical (unpaired) electrons. The van der Waals surface area contributed by atoms with Crippen LogP contribution in [0.15, 0.2) is 30.5 Å². The van der Waals surface area contributed by atoms with Gasteiger partial charge in [0.2, 0.25) is 0 Å². The summed E-state index contributed by atoms with van der Waals surface area (Å²) in [6.07, 6.45) is 1.84. The van der Waals surface area contributed by atoms with Crippen molar-refractivity contribution in [1.29, 1.82) is 0 Å². The third-order valence-electron chi connectivity index (χ3n) is 3.58. The average Bonchev–Trinajstić information content (AvgIpc) is 2.99. The molecule has 0 bridgehead atoms.